The maximum Gasteiger partial charge on any atom is 0.338 e. The Labute approximate surface area is 214 Å². The van der Waals surface area contributed by atoms with E-state index in [9.17, 15) is 14.4 Å². The van der Waals surface area contributed by atoms with Crippen molar-refractivity contribution in [3.63, 3.8) is 0 Å². The number of amides is 1. The summed E-state index contributed by atoms with van der Waals surface area (Å²) in [6.45, 7) is 5.05. The summed E-state index contributed by atoms with van der Waals surface area (Å²) in [5.74, 6) is -1.06. The summed E-state index contributed by atoms with van der Waals surface area (Å²) >= 11 is 0. The molecule has 1 atom stereocenters. The molecule has 0 bridgehead atoms. The molecule has 3 rings (SSSR count). The zero-order chi connectivity index (χ0) is 26.8. The molecule has 0 saturated heterocycles. The molecular weight excluding hydrogens is 474 g/mol. The molecule has 0 aromatic heterocycles. The molecule has 190 valence electrons. The molecule has 9 heteroatoms. The van der Waals surface area contributed by atoms with Crippen molar-refractivity contribution in [1.82, 2.24) is 0 Å². The number of hydrogen-bond acceptors (Lipinski definition) is 8. The standard InChI is InChI=1S/C28H27N3O6/c1-5-19-10-12-20(13-11-19)17-37-28(34)21-14-15-23(25(16-21)36-4)30-31-26(18(2)32)27(33)29-22-8-6-7-9-24(22)35-3/h5-16,26H,1,17H2,2-4H3,(H,29,33). The van der Waals surface area contributed by atoms with E-state index in [0.717, 1.165) is 11.1 Å². The van der Waals surface area contributed by atoms with Crippen LogP contribution in [0.25, 0.3) is 6.08 Å². The number of anilines is 1. The van der Waals surface area contributed by atoms with Crippen LogP contribution in [0.15, 0.2) is 83.5 Å². The molecule has 9 nitrogen and oxygen atoms in total. The van der Waals surface area contributed by atoms with Gasteiger partial charge < -0.3 is 19.5 Å². The van der Waals surface area contributed by atoms with Crippen molar-refractivity contribution in [3.05, 3.63) is 90.0 Å². The fourth-order valence-electron chi connectivity index (χ4n) is 3.26. The van der Waals surface area contributed by atoms with Crippen molar-refractivity contribution >= 4 is 35.1 Å². The van der Waals surface area contributed by atoms with Gasteiger partial charge in [-0.15, -0.1) is 0 Å². The molecule has 3 aromatic carbocycles. The molecule has 1 amide bonds. The Hall–Kier alpha value is -4.79. The number of nitrogens with zero attached hydrogens (tertiary/aromatic N) is 2. The predicted molar refractivity (Wildman–Crippen MR) is 139 cm³/mol. The van der Waals surface area contributed by atoms with Crippen LogP contribution in [0.1, 0.15) is 28.4 Å². The number of para-hydroxylation sites is 2. The van der Waals surface area contributed by atoms with E-state index in [-0.39, 0.29) is 23.6 Å². The van der Waals surface area contributed by atoms with Gasteiger partial charge in [-0.25, -0.2) is 4.79 Å². The second-order valence-electron chi connectivity index (χ2n) is 7.83. The van der Waals surface area contributed by atoms with Crippen molar-refractivity contribution in [2.45, 2.75) is 19.6 Å². The number of esters is 1. The Bertz CT molecular complexity index is 1320. The Morgan fingerprint density at radius 3 is 2.32 bits per heavy atom. The lowest BCUT2D eigenvalue weighted by Gasteiger charge is -2.12. The van der Waals surface area contributed by atoms with Gasteiger partial charge in [0.1, 0.15) is 23.8 Å². The quantitative estimate of drug-likeness (QED) is 0.214. The maximum absolute atomic E-state index is 12.7. The molecule has 0 spiro atoms. The Balaban J connectivity index is 1.71. The van der Waals surface area contributed by atoms with Gasteiger partial charge in [0, 0.05) is 0 Å². The topological polar surface area (TPSA) is 116 Å². The summed E-state index contributed by atoms with van der Waals surface area (Å²) in [7, 11) is 2.88. The van der Waals surface area contributed by atoms with Crippen LogP contribution in [0.3, 0.4) is 0 Å². The van der Waals surface area contributed by atoms with Gasteiger partial charge in [0.15, 0.2) is 5.78 Å². The van der Waals surface area contributed by atoms with E-state index in [1.807, 2.05) is 24.3 Å². The van der Waals surface area contributed by atoms with Gasteiger partial charge in [0.2, 0.25) is 6.04 Å². The normalized spacial score (nSPS) is 11.4. The number of nitrogens with one attached hydrogen (secondary N) is 1. The average molecular weight is 502 g/mol. The zero-order valence-electron chi connectivity index (χ0n) is 20.8. The third kappa shape index (κ3) is 7.11. The number of methoxy groups -OCH3 is 2. The summed E-state index contributed by atoms with van der Waals surface area (Å²) in [6.07, 6.45) is 1.73. The number of carbonyl (C=O) groups is 3. The first kappa shape index (κ1) is 26.8. The van der Waals surface area contributed by atoms with Crippen LogP contribution in [0.4, 0.5) is 11.4 Å². The van der Waals surface area contributed by atoms with Crippen molar-refractivity contribution in [2.75, 3.05) is 19.5 Å². The molecule has 0 aliphatic rings. The van der Waals surface area contributed by atoms with E-state index in [1.165, 1.54) is 39.3 Å². The van der Waals surface area contributed by atoms with Crippen molar-refractivity contribution in [3.8, 4) is 11.5 Å². The molecule has 0 radical (unpaired) electrons. The van der Waals surface area contributed by atoms with Crippen LogP contribution in [0, 0.1) is 0 Å². The molecule has 0 heterocycles. The van der Waals surface area contributed by atoms with Crippen molar-refractivity contribution in [2.24, 2.45) is 10.2 Å². The lowest BCUT2D eigenvalue weighted by atomic mass is 10.1. The fraction of sp³-hybridized carbons (Fsp3) is 0.179. The predicted octanol–water partition coefficient (Wildman–Crippen LogP) is 5.38. The highest BCUT2D eigenvalue weighted by molar-refractivity contribution is 6.10. The van der Waals surface area contributed by atoms with E-state index in [4.69, 9.17) is 14.2 Å². The number of ketones is 1. The van der Waals surface area contributed by atoms with Crippen molar-refractivity contribution < 1.29 is 28.6 Å². The Morgan fingerprint density at radius 2 is 1.68 bits per heavy atom. The SMILES string of the molecule is C=Cc1ccc(COC(=O)c2ccc(N=NC(C(C)=O)C(=O)Nc3ccccc3OC)c(OC)c2)cc1. The third-order valence-electron chi connectivity index (χ3n) is 5.28. The highest BCUT2D eigenvalue weighted by Gasteiger charge is 2.24. The van der Waals surface area contributed by atoms with E-state index >= 15 is 0 Å². The lowest BCUT2D eigenvalue weighted by Crippen LogP contribution is -2.31. The number of benzene rings is 3. The molecule has 0 aliphatic heterocycles. The second kappa shape index (κ2) is 12.8. The van der Waals surface area contributed by atoms with Gasteiger partial charge >= 0.3 is 5.97 Å². The number of Topliss-reactive ketones (excluding diaryl/α,β-unsaturated/α-hetero) is 1. The van der Waals surface area contributed by atoms with Gasteiger partial charge in [-0.1, -0.05) is 49.1 Å². The minimum absolute atomic E-state index is 0.0988. The monoisotopic (exact) mass is 501 g/mol. The number of azo groups is 1. The first-order chi connectivity index (χ1) is 17.9. The molecule has 0 saturated carbocycles. The lowest BCUT2D eigenvalue weighted by molar-refractivity contribution is -0.126. The van der Waals surface area contributed by atoms with E-state index in [2.05, 4.69) is 22.1 Å². The summed E-state index contributed by atoms with van der Waals surface area (Å²) in [4.78, 5) is 37.4. The van der Waals surface area contributed by atoms with Gasteiger partial charge in [-0.05, 0) is 48.4 Å². The number of rotatable bonds is 11. The summed E-state index contributed by atoms with van der Waals surface area (Å²) in [5, 5.41) is 10.6. The number of carbonyl (C=O) groups excluding carboxylic acids is 3. The van der Waals surface area contributed by atoms with E-state index in [0.29, 0.717) is 11.4 Å². The Morgan fingerprint density at radius 1 is 0.973 bits per heavy atom. The van der Waals surface area contributed by atoms with Gasteiger partial charge in [0.05, 0.1) is 25.5 Å². The van der Waals surface area contributed by atoms with E-state index < -0.39 is 23.7 Å². The molecule has 1 N–H and O–H groups in total. The van der Waals surface area contributed by atoms with Crippen LogP contribution >= 0.6 is 0 Å². The third-order valence-corrected chi connectivity index (χ3v) is 5.28. The van der Waals surface area contributed by atoms with Crippen LogP contribution in [-0.2, 0) is 20.9 Å². The largest absolute Gasteiger partial charge is 0.495 e. The van der Waals surface area contributed by atoms with Gasteiger partial charge in [-0.3, -0.25) is 9.59 Å². The second-order valence-corrected chi connectivity index (χ2v) is 7.83. The summed E-state index contributed by atoms with van der Waals surface area (Å²) in [6, 6.07) is 17.3. The van der Waals surface area contributed by atoms with E-state index in [1.54, 1.807) is 30.3 Å². The minimum Gasteiger partial charge on any atom is -0.495 e. The molecule has 0 aliphatic carbocycles. The maximum atomic E-state index is 12.7. The molecule has 3 aromatic rings. The molecular formula is C28H27N3O6. The fourth-order valence-corrected chi connectivity index (χ4v) is 3.26. The first-order valence-corrected chi connectivity index (χ1v) is 11.3. The molecule has 0 fully saturated rings. The zero-order valence-corrected chi connectivity index (χ0v) is 20.8. The minimum atomic E-state index is -1.40. The van der Waals surface area contributed by atoms with Crippen LogP contribution in [0.2, 0.25) is 0 Å². The number of hydrogen-bond donors (Lipinski definition) is 1. The average Bonchev–Trinajstić information content (AvgIpc) is 2.92. The Kier molecular flexibility index (Phi) is 9.26. The summed E-state index contributed by atoms with van der Waals surface area (Å²) < 4.78 is 15.9. The first-order valence-electron chi connectivity index (χ1n) is 11.3. The highest BCUT2D eigenvalue weighted by Crippen LogP contribution is 2.30. The summed E-state index contributed by atoms with van der Waals surface area (Å²) in [5.41, 5.74) is 2.67. The van der Waals surface area contributed by atoms with Crippen LogP contribution < -0.4 is 14.8 Å². The van der Waals surface area contributed by atoms with Crippen molar-refractivity contribution in [1.29, 1.82) is 0 Å². The van der Waals surface area contributed by atoms with Crippen LogP contribution in [-0.4, -0.2) is 37.9 Å². The molecule has 37 heavy (non-hydrogen) atoms. The number of ether oxygens (including phenoxy) is 3. The smallest absolute Gasteiger partial charge is 0.338 e. The van der Waals surface area contributed by atoms with Crippen LogP contribution in [0.5, 0.6) is 11.5 Å². The highest BCUT2D eigenvalue weighted by atomic mass is 16.5. The van der Waals surface area contributed by atoms with Gasteiger partial charge in [0.25, 0.3) is 5.91 Å². The molecule has 1 unspecified atom stereocenters. The van der Waals surface area contributed by atoms with Gasteiger partial charge in [-0.2, -0.15) is 10.2 Å².